The SMILES string of the molecule is CC(C)(C)OC(=O)NC1CCCCC1CCN. The van der Waals surface area contributed by atoms with Crippen LogP contribution in [0.4, 0.5) is 4.79 Å². The van der Waals surface area contributed by atoms with E-state index < -0.39 is 5.60 Å². The van der Waals surface area contributed by atoms with Crippen LogP contribution < -0.4 is 11.1 Å². The van der Waals surface area contributed by atoms with Gasteiger partial charge in [0, 0.05) is 6.04 Å². The van der Waals surface area contributed by atoms with Gasteiger partial charge in [0.25, 0.3) is 0 Å². The zero-order valence-corrected chi connectivity index (χ0v) is 11.3. The molecule has 2 atom stereocenters. The van der Waals surface area contributed by atoms with Crippen molar-refractivity contribution in [1.29, 1.82) is 0 Å². The molecule has 0 radical (unpaired) electrons. The Morgan fingerprint density at radius 2 is 2.00 bits per heavy atom. The van der Waals surface area contributed by atoms with Gasteiger partial charge in [0.15, 0.2) is 0 Å². The van der Waals surface area contributed by atoms with E-state index in [-0.39, 0.29) is 12.1 Å². The van der Waals surface area contributed by atoms with Crippen LogP contribution in [-0.2, 0) is 4.74 Å². The Balaban J connectivity index is 2.44. The van der Waals surface area contributed by atoms with Gasteiger partial charge in [-0.1, -0.05) is 12.8 Å². The molecular weight excluding hydrogens is 216 g/mol. The maximum atomic E-state index is 11.7. The molecule has 2 unspecified atom stereocenters. The van der Waals surface area contributed by atoms with Crippen LogP contribution in [-0.4, -0.2) is 24.3 Å². The Kier molecular flexibility index (Phi) is 5.25. The summed E-state index contributed by atoms with van der Waals surface area (Å²) < 4.78 is 5.29. The van der Waals surface area contributed by atoms with Crippen LogP contribution in [0.3, 0.4) is 0 Å². The molecule has 4 nitrogen and oxygen atoms in total. The van der Waals surface area contributed by atoms with E-state index in [9.17, 15) is 4.79 Å². The average Bonchev–Trinajstić information content (AvgIpc) is 2.18. The summed E-state index contributed by atoms with van der Waals surface area (Å²) in [5.74, 6) is 0.515. The predicted molar refractivity (Wildman–Crippen MR) is 68.8 cm³/mol. The average molecular weight is 242 g/mol. The van der Waals surface area contributed by atoms with Crippen LogP contribution in [0.2, 0.25) is 0 Å². The fourth-order valence-corrected chi connectivity index (χ4v) is 2.42. The van der Waals surface area contributed by atoms with E-state index in [4.69, 9.17) is 10.5 Å². The van der Waals surface area contributed by atoms with Gasteiger partial charge in [0.2, 0.25) is 0 Å². The quantitative estimate of drug-likeness (QED) is 0.799. The van der Waals surface area contributed by atoms with Gasteiger partial charge in [-0.3, -0.25) is 0 Å². The van der Waals surface area contributed by atoms with Gasteiger partial charge < -0.3 is 15.8 Å². The van der Waals surface area contributed by atoms with E-state index in [1.54, 1.807) is 0 Å². The molecule has 3 N–H and O–H groups in total. The highest BCUT2D eigenvalue weighted by Gasteiger charge is 2.27. The smallest absolute Gasteiger partial charge is 0.407 e. The van der Waals surface area contributed by atoms with Crippen molar-refractivity contribution in [2.75, 3.05) is 6.54 Å². The minimum atomic E-state index is -0.428. The first kappa shape index (κ1) is 14.3. The molecule has 100 valence electrons. The number of carbonyl (C=O) groups is 1. The number of ether oxygens (including phenoxy) is 1. The molecule has 17 heavy (non-hydrogen) atoms. The minimum absolute atomic E-state index is 0.238. The highest BCUT2D eigenvalue weighted by atomic mass is 16.6. The lowest BCUT2D eigenvalue weighted by Crippen LogP contribution is -2.44. The minimum Gasteiger partial charge on any atom is -0.444 e. The van der Waals surface area contributed by atoms with Crippen molar-refractivity contribution in [3.05, 3.63) is 0 Å². The van der Waals surface area contributed by atoms with Gasteiger partial charge >= 0.3 is 6.09 Å². The number of rotatable bonds is 3. The van der Waals surface area contributed by atoms with Crippen LogP contribution in [0.5, 0.6) is 0 Å². The summed E-state index contributed by atoms with van der Waals surface area (Å²) in [5, 5.41) is 2.99. The molecule has 0 aromatic rings. The standard InChI is InChI=1S/C13H26N2O2/c1-13(2,3)17-12(16)15-11-7-5-4-6-10(11)8-9-14/h10-11H,4-9,14H2,1-3H3,(H,15,16). The lowest BCUT2D eigenvalue weighted by Gasteiger charge is -2.32. The monoisotopic (exact) mass is 242 g/mol. The molecule has 1 rings (SSSR count). The Morgan fingerprint density at radius 1 is 1.35 bits per heavy atom. The molecule has 4 heteroatoms. The van der Waals surface area contributed by atoms with Crippen molar-refractivity contribution >= 4 is 6.09 Å². The summed E-state index contributed by atoms with van der Waals surface area (Å²) in [4.78, 5) is 11.7. The Bertz CT molecular complexity index is 246. The van der Waals surface area contributed by atoms with Crippen LogP contribution in [0, 0.1) is 5.92 Å². The summed E-state index contributed by atoms with van der Waals surface area (Å²) >= 11 is 0. The summed E-state index contributed by atoms with van der Waals surface area (Å²) in [6, 6.07) is 0.238. The van der Waals surface area contributed by atoms with Crippen LogP contribution in [0.15, 0.2) is 0 Å². The predicted octanol–water partition coefficient (Wildman–Crippen LogP) is 2.42. The second-order valence-electron chi connectivity index (χ2n) is 5.87. The molecule has 1 aliphatic rings. The van der Waals surface area contributed by atoms with E-state index in [1.165, 1.54) is 12.8 Å². The van der Waals surface area contributed by atoms with E-state index in [0.717, 1.165) is 19.3 Å². The maximum absolute atomic E-state index is 11.7. The molecule has 1 fully saturated rings. The summed E-state index contributed by atoms with van der Waals surface area (Å²) in [6.45, 7) is 6.33. The zero-order valence-electron chi connectivity index (χ0n) is 11.3. The second-order valence-corrected chi connectivity index (χ2v) is 5.87. The third kappa shape index (κ3) is 5.39. The van der Waals surface area contributed by atoms with Crippen molar-refractivity contribution in [1.82, 2.24) is 5.32 Å². The van der Waals surface area contributed by atoms with E-state index >= 15 is 0 Å². The Hall–Kier alpha value is -0.770. The van der Waals surface area contributed by atoms with Crippen molar-refractivity contribution in [3.8, 4) is 0 Å². The molecule has 0 bridgehead atoms. The van der Waals surface area contributed by atoms with Gasteiger partial charge in [-0.05, 0) is 52.5 Å². The first-order chi connectivity index (χ1) is 7.92. The molecule has 0 aliphatic heterocycles. The number of alkyl carbamates (subject to hydrolysis) is 1. The van der Waals surface area contributed by atoms with Gasteiger partial charge in [0.1, 0.15) is 5.60 Å². The highest BCUT2D eigenvalue weighted by molar-refractivity contribution is 5.68. The topological polar surface area (TPSA) is 64.3 Å². The van der Waals surface area contributed by atoms with E-state index in [0.29, 0.717) is 12.5 Å². The van der Waals surface area contributed by atoms with Gasteiger partial charge in [-0.25, -0.2) is 4.79 Å². The number of amides is 1. The number of nitrogens with one attached hydrogen (secondary N) is 1. The van der Waals surface area contributed by atoms with Gasteiger partial charge in [-0.15, -0.1) is 0 Å². The number of hydrogen-bond donors (Lipinski definition) is 2. The van der Waals surface area contributed by atoms with Crippen molar-refractivity contribution in [2.45, 2.75) is 64.5 Å². The molecular formula is C13H26N2O2. The van der Waals surface area contributed by atoms with Crippen LogP contribution in [0.25, 0.3) is 0 Å². The molecule has 1 amide bonds. The second kappa shape index (κ2) is 6.24. The molecule has 0 heterocycles. The normalized spacial score (nSPS) is 25.4. The molecule has 0 aromatic heterocycles. The van der Waals surface area contributed by atoms with Crippen molar-refractivity contribution < 1.29 is 9.53 Å². The summed E-state index contributed by atoms with van der Waals surface area (Å²) in [5.41, 5.74) is 5.18. The largest absolute Gasteiger partial charge is 0.444 e. The Labute approximate surface area is 104 Å². The summed E-state index contributed by atoms with van der Waals surface area (Å²) in [7, 11) is 0. The zero-order chi connectivity index (χ0) is 12.9. The first-order valence-electron chi connectivity index (χ1n) is 6.62. The third-order valence-electron chi connectivity index (χ3n) is 3.15. The van der Waals surface area contributed by atoms with Crippen LogP contribution >= 0.6 is 0 Å². The van der Waals surface area contributed by atoms with E-state index in [1.807, 2.05) is 20.8 Å². The highest BCUT2D eigenvalue weighted by Crippen LogP contribution is 2.26. The van der Waals surface area contributed by atoms with E-state index in [2.05, 4.69) is 5.32 Å². The Morgan fingerprint density at radius 3 is 2.59 bits per heavy atom. The van der Waals surface area contributed by atoms with Crippen molar-refractivity contribution in [3.63, 3.8) is 0 Å². The number of carbonyl (C=O) groups excluding carboxylic acids is 1. The number of nitrogens with two attached hydrogens (primary N) is 1. The molecule has 0 aromatic carbocycles. The third-order valence-corrected chi connectivity index (χ3v) is 3.15. The van der Waals surface area contributed by atoms with Gasteiger partial charge in [-0.2, -0.15) is 0 Å². The lowest BCUT2D eigenvalue weighted by molar-refractivity contribution is 0.0467. The first-order valence-corrected chi connectivity index (χ1v) is 6.62. The summed E-state index contributed by atoms with van der Waals surface area (Å²) in [6.07, 6.45) is 5.33. The number of hydrogen-bond acceptors (Lipinski definition) is 3. The molecule has 0 spiro atoms. The fourth-order valence-electron chi connectivity index (χ4n) is 2.42. The fraction of sp³-hybridized carbons (Fsp3) is 0.923. The van der Waals surface area contributed by atoms with Gasteiger partial charge in [0.05, 0.1) is 0 Å². The molecule has 1 saturated carbocycles. The maximum Gasteiger partial charge on any atom is 0.407 e. The van der Waals surface area contributed by atoms with Crippen LogP contribution in [0.1, 0.15) is 52.9 Å². The molecule has 0 saturated heterocycles. The lowest BCUT2D eigenvalue weighted by atomic mass is 9.82. The van der Waals surface area contributed by atoms with Crippen molar-refractivity contribution in [2.24, 2.45) is 11.7 Å². The molecule has 1 aliphatic carbocycles.